The Labute approximate surface area is 113 Å². The fourth-order valence-electron chi connectivity index (χ4n) is 3.04. The number of nitrogens with zero attached hydrogens (tertiary/aromatic N) is 3. The Morgan fingerprint density at radius 2 is 2.26 bits per heavy atom. The van der Waals surface area contributed by atoms with E-state index in [1.54, 1.807) is 22.1 Å². The minimum absolute atomic E-state index is 0.139. The Morgan fingerprint density at radius 3 is 2.95 bits per heavy atom. The largest absolute Gasteiger partial charge is 0.375 e. The second-order valence-electron chi connectivity index (χ2n) is 5.51. The van der Waals surface area contributed by atoms with Gasteiger partial charge in [-0.3, -0.25) is 0 Å². The van der Waals surface area contributed by atoms with Crippen molar-refractivity contribution in [1.29, 1.82) is 0 Å². The number of aromatic nitrogens is 2. The minimum Gasteiger partial charge on any atom is -0.375 e. The van der Waals surface area contributed by atoms with Crippen molar-refractivity contribution in [2.45, 2.75) is 37.0 Å². The molecular formula is C12H19N3O3S. The highest BCUT2D eigenvalue weighted by molar-refractivity contribution is 7.89. The number of piperidine rings is 1. The lowest BCUT2D eigenvalue weighted by molar-refractivity contribution is 0.0206. The van der Waals surface area contributed by atoms with E-state index in [1.165, 1.54) is 6.33 Å². The predicted molar refractivity (Wildman–Crippen MR) is 69.0 cm³/mol. The van der Waals surface area contributed by atoms with E-state index in [-0.39, 0.29) is 17.2 Å². The molecule has 0 amide bonds. The molecule has 0 aromatic carbocycles. The summed E-state index contributed by atoms with van der Waals surface area (Å²) in [5.41, 5.74) is 0. The summed E-state index contributed by atoms with van der Waals surface area (Å²) in [7, 11) is -1.68. The van der Waals surface area contributed by atoms with Crippen LogP contribution in [0.4, 0.5) is 0 Å². The molecule has 3 heterocycles. The van der Waals surface area contributed by atoms with Crippen molar-refractivity contribution >= 4 is 10.0 Å². The second kappa shape index (κ2) is 4.57. The SMILES string of the molecule is C[C@H]1C[C@H]2CN(S(=O)(=O)c3cn(C)cn3)CC[C@@H]2O1. The number of imidazole rings is 1. The first-order chi connectivity index (χ1) is 8.96. The molecule has 6 nitrogen and oxygen atoms in total. The van der Waals surface area contributed by atoms with Crippen molar-refractivity contribution in [3.63, 3.8) is 0 Å². The number of hydrogen-bond donors (Lipinski definition) is 0. The molecule has 7 heteroatoms. The quantitative estimate of drug-likeness (QED) is 0.798. The van der Waals surface area contributed by atoms with E-state index >= 15 is 0 Å². The third kappa shape index (κ3) is 2.30. The Bertz CT molecular complexity index is 569. The summed E-state index contributed by atoms with van der Waals surface area (Å²) in [5.74, 6) is 0.322. The smallest absolute Gasteiger partial charge is 0.262 e. The summed E-state index contributed by atoms with van der Waals surface area (Å²) in [6.07, 6.45) is 5.26. The van der Waals surface area contributed by atoms with Crippen LogP contribution in [0.15, 0.2) is 17.6 Å². The van der Waals surface area contributed by atoms with Crippen molar-refractivity contribution in [1.82, 2.24) is 13.9 Å². The van der Waals surface area contributed by atoms with Gasteiger partial charge in [-0.1, -0.05) is 0 Å². The van der Waals surface area contributed by atoms with E-state index in [0.717, 1.165) is 12.8 Å². The summed E-state index contributed by atoms with van der Waals surface area (Å²) < 4.78 is 34.0. The van der Waals surface area contributed by atoms with Crippen LogP contribution in [0, 0.1) is 5.92 Å². The van der Waals surface area contributed by atoms with Crippen LogP contribution < -0.4 is 0 Å². The molecule has 0 N–H and O–H groups in total. The first kappa shape index (κ1) is 13.1. The molecule has 2 aliphatic heterocycles. The monoisotopic (exact) mass is 285 g/mol. The van der Waals surface area contributed by atoms with Crippen LogP contribution >= 0.6 is 0 Å². The zero-order chi connectivity index (χ0) is 13.6. The molecule has 106 valence electrons. The van der Waals surface area contributed by atoms with E-state index in [9.17, 15) is 8.42 Å². The lowest BCUT2D eigenvalue weighted by Gasteiger charge is -2.32. The van der Waals surface area contributed by atoms with Gasteiger partial charge >= 0.3 is 0 Å². The molecule has 0 unspecified atom stereocenters. The van der Waals surface area contributed by atoms with Gasteiger partial charge in [0.05, 0.1) is 18.5 Å². The number of rotatable bonds is 2. The summed E-state index contributed by atoms with van der Waals surface area (Å²) in [5, 5.41) is 0.139. The molecule has 1 aromatic rings. The van der Waals surface area contributed by atoms with Crippen molar-refractivity contribution in [2.75, 3.05) is 13.1 Å². The summed E-state index contributed by atoms with van der Waals surface area (Å²) in [4.78, 5) is 3.97. The molecular weight excluding hydrogens is 266 g/mol. The fraction of sp³-hybridized carbons (Fsp3) is 0.750. The molecule has 2 aliphatic rings. The van der Waals surface area contributed by atoms with Crippen molar-refractivity contribution in [3.8, 4) is 0 Å². The van der Waals surface area contributed by atoms with Crippen LogP contribution in [0.3, 0.4) is 0 Å². The van der Waals surface area contributed by atoms with Crippen LogP contribution in [-0.4, -0.2) is 47.6 Å². The maximum absolute atomic E-state index is 12.5. The maximum Gasteiger partial charge on any atom is 0.262 e. The molecule has 2 fully saturated rings. The van der Waals surface area contributed by atoms with E-state index in [0.29, 0.717) is 19.0 Å². The lowest BCUT2D eigenvalue weighted by Crippen LogP contribution is -2.44. The normalized spacial score (nSPS) is 32.4. The highest BCUT2D eigenvalue weighted by Gasteiger charge is 2.41. The van der Waals surface area contributed by atoms with Gasteiger partial charge in [0, 0.05) is 32.3 Å². The molecule has 0 saturated carbocycles. The predicted octanol–water partition coefficient (Wildman–Crippen LogP) is 0.608. The van der Waals surface area contributed by atoms with Gasteiger partial charge in [0.2, 0.25) is 0 Å². The van der Waals surface area contributed by atoms with Crippen LogP contribution in [0.25, 0.3) is 0 Å². The fourth-order valence-corrected chi connectivity index (χ4v) is 4.51. The molecule has 1 aromatic heterocycles. The highest BCUT2D eigenvalue weighted by atomic mass is 32.2. The average molecular weight is 285 g/mol. The molecule has 0 aliphatic carbocycles. The van der Waals surface area contributed by atoms with Gasteiger partial charge in [-0.25, -0.2) is 13.4 Å². The third-order valence-electron chi connectivity index (χ3n) is 3.95. The lowest BCUT2D eigenvalue weighted by atomic mass is 9.94. The van der Waals surface area contributed by atoms with Crippen LogP contribution in [0.2, 0.25) is 0 Å². The number of hydrogen-bond acceptors (Lipinski definition) is 4. The first-order valence-electron chi connectivity index (χ1n) is 6.60. The van der Waals surface area contributed by atoms with E-state index in [1.807, 2.05) is 0 Å². The minimum atomic E-state index is -3.45. The Morgan fingerprint density at radius 1 is 1.47 bits per heavy atom. The van der Waals surface area contributed by atoms with Gasteiger partial charge in [-0.05, 0) is 19.8 Å². The number of aryl methyl sites for hydroxylation is 1. The molecule has 3 rings (SSSR count). The summed E-state index contributed by atoms with van der Waals surface area (Å²) in [6, 6.07) is 0. The molecule has 19 heavy (non-hydrogen) atoms. The van der Waals surface area contributed by atoms with Gasteiger partial charge < -0.3 is 9.30 Å². The summed E-state index contributed by atoms with van der Waals surface area (Å²) >= 11 is 0. The van der Waals surface area contributed by atoms with Crippen molar-refractivity contribution in [2.24, 2.45) is 13.0 Å². The Balaban J connectivity index is 1.80. The average Bonchev–Trinajstić information content (AvgIpc) is 2.93. The highest BCUT2D eigenvalue weighted by Crippen LogP contribution is 2.34. The van der Waals surface area contributed by atoms with Crippen molar-refractivity contribution < 1.29 is 13.2 Å². The standard InChI is InChI=1S/C12H19N3O3S/c1-9-5-10-6-15(4-3-11(10)18-9)19(16,17)12-7-14(2)8-13-12/h7-11H,3-6H2,1-2H3/t9-,10-,11-/m0/s1. The Kier molecular flexibility index (Phi) is 3.15. The van der Waals surface area contributed by atoms with Gasteiger partial charge in [-0.15, -0.1) is 0 Å². The van der Waals surface area contributed by atoms with Gasteiger partial charge in [-0.2, -0.15) is 4.31 Å². The number of ether oxygens (including phenoxy) is 1. The topological polar surface area (TPSA) is 64.4 Å². The van der Waals surface area contributed by atoms with Gasteiger partial charge in [0.25, 0.3) is 10.0 Å². The molecule has 0 radical (unpaired) electrons. The van der Waals surface area contributed by atoms with E-state index in [2.05, 4.69) is 11.9 Å². The third-order valence-corrected chi connectivity index (χ3v) is 5.70. The molecule has 0 bridgehead atoms. The van der Waals surface area contributed by atoms with Gasteiger partial charge in [0.15, 0.2) is 5.03 Å². The van der Waals surface area contributed by atoms with E-state index in [4.69, 9.17) is 4.74 Å². The van der Waals surface area contributed by atoms with Gasteiger partial charge in [0.1, 0.15) is 0 Å². The maximum atomic E-state index is 12.5. The summed E-state index contributed by atoms with van der Waals surface area (Å²) in [6.45, 7) is 3.12. The van der Waals surface area contributed by atoms with Crippen molar-refractivity contribution in [3.05, 3.63) is 12.5 Å². The van der Waals surface area contributed by atoms with Crippen LogP contribution in [-0.2, 0) is 21.8 Å². The zero-order valence-electron chi connectivity index (χ0n) is 11.2. The first-order valence-corrected chi connectivity index (χ1v) is 8.04. The number of sulfonamides is 1. The molecule has 2 saturated heterocycles. The molecule has 0 spiro atoms. The van der Waals surface area contributed by atoms with E-state index < -0.39 is 10.0 Å². The Hall–Kier alpha value is -0.920. The zero-order valence-corrected chi connectivity index (χ0v) is 12.0. The van der Waals surface area contributed by atoms with Crippen LogP contribution in [0.1, 0.15) is 19.8 Å². The van der Waals surface area contributed by atoms with Crippen LogP contribution in [0.5, 0.6) is 0 Å². The molecule has 3 atom stereocenters. The second-order valence-corrected chi connectivity index (χ2v) is 7.39. The number of fused-ring (bicyclic) bond motifs is 1.